The first-order valence-electron chi connectivity index (χ1n) is 10.4. The standard InChI is InChI=1S/C17H11ClF2O5.C7H4BrClF2O/c18-10-5-7(24-17(19)20)2-4-11(10)23-8-1-3-9-12(6-8)25-15-13(9)14(15)16(21)22;8-5-2-1-4(3-6(5)9)12-7(10)11/h1-6,13-15,17H,(H,21,22);1-3,7H. The van der Waals surface area contributed by atoms with Crippen LogP contribution in [0.15, 0.2) is 59.1 Å². The van der Waals surface area contributed by atoms with E-state index in [9.17, 15) is 22.4 Å². The Bertz CT molecular complexity index is 1310. The van der Waals surface area contributed by atoms with Crippen LogP contribution in [0.25, 0.3) is 0 Å². The maximum Gasteiger partial charge on any atom is 0.387 e. The van der Waals surface area contributed by atoms with Crippen molar-refractivity contribution in [1.29, 1.82) is 0 Å². The molecule has 3 unspecified atom stereocenters. The first-order chi connectivity index (χ1) is 17.5. The van der Waals surface area contributed by atoms with Crippen LogP contribution in [0.3, 0.4) is 0 Å². The number of alkyl halides is 4. The Labute approximate surface area is 225 Å². The van der Waals surface area contributed by atoms with Crippen LogP contribution in [0.4, 0.5) is 17.6 Å². The SMILES string of the molecule is FC(F)Oc1ccc(Br)c(Cl)c1.O=C(O)C1C2Oc3cc(Oc4ccc(OC(F)F)cc4Cl)ccc3C21. The predicted molar refractivity (Wildman–Crippen MR) is 129 cm³/mol. The number of carbonyl (C=O) groups is 1. The highest BCUT2D eigenvalue weighted by atomic mass is 79.9. The van der Waals surface area contributed by atoms with Crippen molar-refractivity contribution >= 4 is 45.1 Å². The smallest absolute Gasteiger partial charge is 0.387 e. The highest BCUT2D eigenvalue weighted by Crippen LogP contribution is 2.59. The van der Waals surface area contributed by atoms with Gasteiger partial charge in [0.25, 0.3) is 0 Å². The molecule has 3 aromatic rings. The summed E-state index contributed by atoms with van der Waals surface area (Å²) in [5.74, 6) is -0.182. The number of rotatable bonds is 7. The van der Waals surface area contributed by atoms with E-state index in [4.69, 9.17) is 37.8 Å². The lowest BCUT2D eigenvalue weighted by atomic mass is 10.1. The van der Waals surface area contributed by atoms with Gasteiger partial charge in [-0.05, 0) is 46.3 Å². The summed E-state index contributed by atoms with van der Waals surface area (Å²) in [5.41, 5.74) is 0.844. The van der Waals surface area contributed by atoms with Gasteiger partial charge in [0.15, 0.2) is 0 Å². The van der Waals surface area contributed by atoms with Crippen LogP contribution < -0.4 is 18.9 Å². The van der Waals surface area contributed by atoms with Gasteiger partial charge in [-0.1, -0.05) is 29.3 Å². The molecule has 0 amide bonds. The Hall–Kier alpha value is -2.89. The Morgan fingerprint density at radius 2 is 1.49 bits per heavy atom. The summed E-state index contributed by atoms with van der Waals surface area (Å²) in [7, 11) is 0. The summed E-state index contributed by atoms with van der Waals surface area (Å²) >= 11 is 14.8. The molecule has 0 spiro atoms. The molecular formula is C24H15BrCl2F4O6. The zero-order chi connectivity index (χ0) is 26.9. The maximum absolute atomic E-state index is 12.2. The molecule has 1 fully saturated rings. The maximum atomic E-state index is 12.2. The van der Waals surface area contributed by atoms with Crippen LogP contribution in [-0.4, -0.2) is 30.4 Å². The predicted octanol–water partition coefficient (Wildman–Crippen LogP) is 8.00. The van der Waals surface area contributed by atoms with E-state index in [1.54, 1.807) is 24.3 Å². The lowest BCUT2D eigenvalue weighted by molar-refractivity contribution is -0.139. The third-order valence-electron chi connectivity index (χ3n) is 5.32. The van der Waals surface area contributed by atoms with Crippen LogP contribution in [0.1, 0.15) is 11.5 Å². The zero-order valence-corrected chi connectivity index (χ0v) is 21.3. The second-order valence-corrected chi connectivity index (χ2v) is 9.37. The van der Waals surface area contributed by atoms with E-state index in [2.05, 4.69) is 25.4 Å². The molecule has 0 aromatic heterocycles. The van der Waals surface area contributed by atoms with Gasteiger partial charge in [-0.3, -0.25) is 4.79 Å². The molecule has 37 heavy (non-hydrogen) atoms. The van der Waals surface area contributed by atoms with Crippen molar-refractivity contribution in [2.24, 2.45) is 5.92 Å². The van der Waals surface area contributed by atoms with E-state index in [-0.39, 0.29) is 34.3 Å². The number of ether oxygens (including phenoxy) is 4. The van der Waals surface area contributed by atoms with Crippen molar-refractivity contribution in [3.63, 3.8) is 0 Å². The van der Waals surface area contributed by atoms with Crippen LogP contribution in [0.5, 0.6) is 28.7 Å². The van der Waals surface area contributed by atoms with Crippen LogP contribution >= 0.6 is 39.1 Å². The van der Waals surface area contributed by atoms with Crippen LogP contribution in [0, 0.1) is 5.92 Å². The third kappa shape index (κ3) is 6.52. The van der Waals surface area contributed by atoms with Crippen molar-refractivity contribution in [3.8, 4) is 28.7 Å². The minimum Gasteiger partial charge on any atom is -0.488 e. The van der Waals surface area contributed by atoms with Gasteiger partial charge in [0.1, 0.15) is 40.8 Å². The van der Waals surface area contributed by atoms with E-state index in [1.807, 2.05) is 0 Å². The average Bonchev–Trinajstić information content (AvgIpc) is 3.40. The van der Waals surface area contributed by atoms with Crippen molar-refractivity contribution in [3.05, 3.63) is 74.7 Å². The molecule has 3 aromatic carbocycles. The second-order valence-electron chi connectivity index (χ2n) is 7.70. The summed E-state index contributed by atoms with van der Waals surface area (Å²) in [5, 5.41) is 9.52. The van der Waals surface area contributed by atoms with Crippen LogP contribution in [-0.2, 0) is 4.79 Å². The minimum atomic E-state index is -2.93. The molecular weight excluding hydrogens is 611 g/mol. The number of fused-ring (bicyclic) bond motifs is 3. The molecule has 0 saturated heterocycles. The molecule has 1 aliphatic carbocycles. The molecule has 0 bridgehead atoms. The molecule has 2 aliphatic rings. The Morgan fingerprint density at radius 3 is 2.05 bits per heavy atom. The Morgan fingerprint density at radius 1 is 0.892 bits per heavy atom. The molecule has 1 saturated carbocycles. The number of hydrogen-bond donors (Lipinski definition) is 1. The zero-order valence-electron chi connectivity index (χ0n) is 18.2. The van der Waals surface area contributed by atoms with E-state index >= 15 is 0 Å². The van der Waals surface area contributed by atoms with Gasteiger partial charge in [0.2, 0.25) is 0 Å². The highest BCUT2D eigenvalue weighted by Gasteiger charge is 2.63. The summed E-state index contributed by atoms with van der Waals surface area (Å²) < 4.78 is 68.0. The van der Waals surface area contributed by atoms with Gasteiger partial charge in [0.05, 0.1) is 10.0 Å². The summed E-state index contributed by atoms with van der Waals surface area (Å²) in [6.45, 7) is -5.75. The number of carboxylic acids is 1. The Kier molecular flexibility index (Phi) is 8.25. The average molecular weight is 626 g/mol. The van der Waals surface area contributed by atoms with Gasteiger partial charge in [0, 0.05) is 34.2 Å². The molecule has 5 rings (SSSR count). The number of hydrogen-bond acceptors (Lipinski definition) is 5. The van der Waals surface area contributed by atoms with E-state index in [0.717, 1.165) is 5.56 Å². The first kappa shape index (κ1) is 27.2. The van der Waals surface area contributed by atoms with Crippen molar-refractivity contribution < 1.29 is 46.4 Å². The Balaban J connectivity index is 0.000000225. The van der Waals surface area contributed by atoms with Gasteiger partial charge in [-0.25, -0.2) is 0 Å². The summed E-state index contributed by atoms with van der Waals surface area (Å²) in [6, 6.07) is 13.3. The molecule has 13 heteroatoms. The van der Waals surface area contributed by atoms with Crippen molar-refractivity contribution in [2.45, 2.75) is 25.2 Å². The monoisotopic (exact) mass is 624 g/mol. The third-order valence-corrected chi connectivity index (χ3v) is 6.85. The lowest BCUT2D eigenvalue weighted by Gasteiger charge is -2.12. The number of carboxylic acid groups (broad SMARTS) is 1. The molecule has 3 atom stereocenters. The molecule has 1 aliphatic heterocycles. The second kappa shape index (κ2) is 11.2. The normalized spacial score (nSPS) is 18.8. The van der Waals surface area contributed by atoms with Crippen LogP contribution in [0.2, 0.25) is 10.0 Å². The van der Waals surface area contributed by atoms with Gasteiger partial charge in [-0.2, -0.15) is 17.6 Å². The van der Waals surface area contributed by atoms with Gasteiger partial charge >= 0.3 is 19.2 Å². The van der Waals surface area contributed by atoms with Gasteiger partial charge < -0.3 is 24.1 Å². The van der Waals surface area contributed by atoms with Gasteiger partial charge in [-0.15, -0.1) is 0 Å². The topological polar surface area (TPSA) is 74.2 Å². The molecule has 6 nitrogen and oxygen atoms in total. The fourth-order valence-corrected chi connectivity index (χ4v) is 4.34. The highest BCUT2D eigenvalue weighted by molar-refractivity contribution is 9.10. The summed E-state index contributed by atoms with van der Waals surface area (Å²) in [6.07, 6.45) is -0.322. The van der Waals surface area contributed by atoms with Crippen molar-refractivity contribution in [1.82, 2.24) is 0 Å². The van der Waals surface area contributed by atoms with E-state index in [0.29, 0.717) is 21.0 Å². The van der Waals surface area contributed by atoms with E-state index in [1.165, 1.54) is 30.3 Å². The number of halogens is 7. The number of benzene rings is 3. The first-order valence-corrected chi connectivity index (χ1v) is 11.9. The van der Waals surface area contributed by atoms with E-state index < -0.39 is 25.1 Å². The molecule has 1 heterocycles. The quantitative estimate of drug-likeness (QED) is 0.268. The van der Waals surface area contributed by atoms with Crippen molar-refractivity contribution in [2.75, 3.05) is 0 Å². The number of aliphatic carboxylic acids is 1. The summed E-state index contributed by atoms with van der Waals surface area (Å²) in [4.78, 5) is 11.0. The molecule has 0 radical (unpaired) electrons. The lowest BCUT2D eigenvalue weighted by Crippen LogP contribution is -2.08. The largest absolute Gasteiger partial charge is 0.488 e. The minimum absolute atomic E-state index is 0.0539. The fraction of sp³-hybridized carbons (Fsp3) is 0.208. The molecule has 1 N–H and O–H groups in total. The fourth-order valence-electron chi connectivity index (χ4n) is 3.72. The molecule has 196 valence electrons.